The lowest BCUT2D eigenvalue weighted by Crippen LogP contribution is -2.27. The van der Waals surface area contributed by atoms with Gasteiger partial charge in [-0.05, 0) is 12.1 Å². The van der Waals surface area contributed by atoms with Crippen LogP contribution in [0.4, 0.5) is 0 Å². The van der Waals surface area contributed by atoms with Gasteiger partial charge >= 0.3 is 0 Å². The molecule has 2 aliphatic rings. The summed E-state index contributed by atoms with van der Waals surface area (Å²) < 4.78 is 13.2. The summed E-state index contributed by atoms with van der Waals surface area (Å²) in [6.45, 7) is 3.35. The largest absolute Gasteiger partial charge is 0.454 e. The summed E-state index contributed by atoms with van der Waals surface area (Å²) in [5, 5.41) is 4.61. The van der Waals surface area contributed by atoms with E-state index in [4.69, 9.17) is 9.47 Å². The summed E-state index contributed by atoms with van der Waals surface area (Å²) in [7, 11) is 0. The number of nitrogens with zero attached hydrogens (tertiary/aromatic N) is 1. The molecule has 4 rings (SSSR count). The highest BCUT2D eigenvalue weighted by atomic mass is 16.7. The minimum atomic E-state index is 0.344. The van der Waals surface area contributed by atoms with Gasteiger partial charge in [0.15, 0.2) is 11.5 Å². The van der Waals surface area contributed by atoms with Gasteiger partial charge in [0.1, 0.15) is 0 Å². The summed E-state index contributed by atoms with van der Waals surface area (Å²) in [5.41, 5.74) is 2.59. The number of nitrogens with one attached hydrogen (secondary N) is 1. The van der Waals surface area contributed by atoms with E-state index in [9.17, 15) is 0 Å². The van der Waals surface area contributed by atoms with Crippen molar-refractivity contribution in [1.82, 2.24) is 9.88 Å². The molecule has 4 nitrogen and oxygen atoms in total. The Hall–Kier alpha value is -1.68. The lowest BCUT2D eigenvalue weighted by molar-refractivity contribution is 0.174. The van der Waals surface area contributed by atoms with Gasteiger partial charge < -0.3 is 19.4 Å². The van der Waals surface area contributed by atoms with E-state index in [-0.39, 0.29) is 0 Å². The van der Waals surface area contributed by atoms with E-state index in [0.29, 0.717) is 6.79 Å². The quantitative estimate of drug-likeness (QED) is 0.724. The number of benzene rings is 1. The second-order valence-corrected chi connectivity index (χ2v) is 4.23. The molecule has 0 radical (unpaired) electrons. The molecule has 0 fully saturated rings. The first-order valence-electron chi connectivity index (χ1n) is 5.54. The first-order chi connectivity index (χ1) is 7.92. The molecule has 2 aliphatic heterocycles. The Morgan fingerprint density at radius 1 is 1.12 bits per heavy atom. The molecule has 2 aromatic rings. The van der Waals surface area contributed by atoms with Crippen LogP contribution in [0.5, 0.6) is 11.5 Å². The minimum absolute atomic E-state index is 0.344. The van der Waals surface area contributed by atoms with Crippen LogP contribution in [0.15, 0.2) is 18.2 Å². The first kappa shape index (κ1) is 8.47. The molecule has 0 amide bonds. The number of ether oxygens (including phenoxy) is 2. The molecule has 1 aromatic heterocycles. The highest BCUT2D eigenvalue weighted by molar-refractivity contribution is 5.85. The van der Waals surface area contributed by atoms with Crippen LogP contribution in [0, 0.1) is 0 Å². The van der Waals surface area contributed by atoms with E-state index in [0.717, 1.165) is 31.1 Å². The van der Waals surface area contributed by atoms with Crippen molar-refractivity contribution in [3.8, 4) is 11.5 Å². The van der Waals surface area contributed by atoms with E-state index in [1.54, 1.807) is 0 Å². The SMILES string of the molecule is c1c2c(cc3c1cc1n3CCNC1)OCO2. The van der Waals surface area contributed by atoms with E-state index in [1.807, 2.05) is 0 Å². The summed E-state index contributed by atoms with van der Waals surface area (Å²) >= 11 is 0. The van der Waals surface area contributed by atoms with Gasteiger partial charge in [0.25, 0.3) is 0 Å². The fourth-order valence-corrected chi connectivity index (χ4v) is 2.53. The summed E-state index contributed by atoms with van der Waals surface area (Å²) in [6.07, 6.45) is 0. The lowest BCUT2D eigenvalue weighted by Gasteiger charge is -2.17. The molecule has 82 valence electrons. The Kier molecular flexibility index (Phi) is 1.54. The van der Waals surface area contributed by atoms with Crippen molar-refractivity contribution in [2.24, 2.45) is 0 Å². The van der Waals surface area contributed by atoms with Crippen LogP contribution in [0.2, 0.25) is 0 Å². The molecule has 0 atom stereocenters. The van der Waals surface area contributed by atoms with Crippen LogP contribution in [0.25, 0.3) is 10.9 Å². The lowest BCUT2D eigenvalue weighted by atomic mass is 10.2. The molecular formula is C12H12N2O2. The Morgan fingerprint density at radius 2 is 2.00 bits per heavy atom. The van der Waals surface area contributed by atoms with E-state index >= 15 is 0 Å². The van der Waals surface area contributed by atoms with Gasteiger partial charge in [-0.25, -0.2) is 0 Å². The van der Waals surface area contributed by atoms with E-state index < -0.39 is 0 Å². The smallest absolute Gasteiger partial charge is 0.231 e. The van der Waals surface area contributed by atoms with Gasteiger partial charge in [0.05, 0.1) is 5.52 Å². The molecule has 3 heterocycles. The molecule has 0 aliphatic carbocycles. The zero-order valence-electron chi connectivity index (χ0n) is 8.82. The topological polar surface area (TPSA) is 35.4 Å². The average molecular weight is 216 g/mol. The third kappa shape index (κ3) is 1.02. The van der Waals surface area contributed by atoms with Crippen LogP contribution < -0.4 is 14.8 Å². The third-order valence-electron chi connectivity index (χ3n) is 3.30. The van der Waals surface area contributed by atoms with Gasteiger partial charge in [0.2, 0.25) is 6.79 Å². The van der Waals surface area contributed by atoms with Crippen molar-refractivity contribution in [3.63, 3.8) is 0 Å². The van der Waals surface area contributed by atoms with Gasteiger partial charge in [-0.1, -0.05) is 0 Å². The van der Waals surface area contributed by atoms with Crippen LogP contribution in [0.3, 0.4) is 0 Å². The van der Waals surface area contributed by atoms with E-state index in [2.05, 4.69) is 28.1 Å². The molecule has 0 saturated carbocycles. The highest BCUT2D eigenvalue weighted by Gasteiger charge is 2.18. The Balaban J connectivity index is 2.02. The Morgan fingerprint density at radius 3 is 2.94 bits per heavy atom. The predicted octanol–water partition coefficient (Wildman–Crippen LogP) is 1.47. The maximum absolute atomic E-state index is 5.42. The molecule has 16 heavy (non-hydrogen) atoms. The molecule has 0 unspecified atom stereocenters. The molecule has 0 spiro atoms. The van der Waals surface area contributed by atoms with Crippen LogP contribution in [0.1, 0.15) is 5.69 Å². The van der Waals surface area contributed by atoms with Crippen molar-refractivity contribution in [1.29, 1.82) is 0 Å². The van der Waals surface area contributed by atoms with Gasteiger partial charge in [-0.2, -0.15) is 0 Å². The molecular weight excluding hydrogens is 204 g/mol. The number of hydrogen-bond donors (Lipinski definition) is 1. The van der Waals surface area contributed by atoms with Crippen molar-refractivity contribution < 1.29 is 9.47 Å². The number of rotatable bonds is 0. The summed E-state index contributed by atoms with van der Waals surface area (Å²) in [6, 6.07) is 6.39. The second-order valence-electron chi connectivity index (χ2n) is 4.23. The predicted molar refractivity (Wildman–Crippen MR) is 59.8 cm³/mol. The van der Waals surface area contributed by atoms with E-state index in [1.165, 1.54) is 16.6 Å². The molecule has 1 aromatic carbocycles. The van der Waals surface area contributed by atoms with Crippen LogP contribution in [-0.2, 0) is 13.1 Å². The first-order valence-corrected chi connectivity index (χ1v) is 5.54. The fraction of sp³-hybridized carbons (Fsp3) is 0.333. The molecule has 1 N–H and O–H groups in total. The second kappa shape index (κ2) is 2.92. The monoisotopic (exact) mass is 216 g/mol. The van der Waals surface area contributed by atoms with Crippen molar-refractivity contribution in [3.05, 3.63) is 23.9 Å². The Labute approximate surface area is 92.8 Å². The maximum atomic E-state index is 5.42. The molecule has 0 bridgehead atoms. The maximum Gasteiger partial charge on any atom is 0.231 e. The fourth-order valence-electron chi connectivity index (χ4n) is 2.53. The number of fused-ring (bicyclic) bond motifs is 4. The summed E-state index contributed by atoms with van der Waals surface area (Å²) in [4.78, 5) is 0. The molecule has 4 heteroatoms. The van der Waals surface area contributed by atoms with Crippen LogP contribution in [-0.4, -0.2) is 17.9 Å². The van der Waals surface area contributed by atoms with Crippen molar-refractivity contribution in [2.75, 3.05) is 13.3 Å². The van der Waals surface area contributed by atoms with Gasteiger partial charge in [-0.15, -0.1) is 0 Å². The normalized spacial score (nSPS) is 17.8. The van der Waals surface area contributed by atoms with Gasteiger partial charge in [0, 0.05) is 36.8 Å². The van der Waals surface area contributed by atoms with Crippen molar-refractivity contribution in [2.45, 2.75) is 13.1 Å². The summed E-state index contributed by atoms with van der Waals surface area (Å²) in [5.74, 6) is 1.73. The molecule has 0 saturated heterocycles. The Bertz CT molecular complexity index is 574. The zero-order valence-corrected chi connectivity index (χ0v) is 8.82. The highest BCUT2D eigenvalue weighted by Crippen LogP contribution is 2.37. The zero-order chi connectivity index (χ0) is 10.5. The number of aromatic nitrogens is 1. The van der Waals surface area contributed by atoms with Gasteiger partial charge in [-0.3, -0.25) is 0 Å². The van der Waals surface area contributed by atoms with Crippen molar-refractivity contribution >= 4 is 10.9 Å². The third-order valence-corrected chi connectivity index (χ3v) is 3.30. The minimum Gasteiger partial charge on any atom is -0.454 e. The standard InChI is InChI=1S/C12H12N2O2/c1-2-14-9(6-13-1)3-8-4-11-12(5-10(8)14)16-7-15-11/h3-5,13H,1-2,6-7H2. The number of hydrogen-bond acceptors (Lipinski definition) is 3. The average Bonchev–Trinajstić information content (AvgIpc) is 2.88. The van der Waals surface area contributed by atoms with Crippen LogP contribution >= 0.6 is 0 Å².